The second kappa shape index (κ2) is 7.33. The number of benzene rings is 1. The monoisotopic (exact) mass is 375 g/mol. The predicted octanol–water partition coefficient (Wildman–Crippen LogP) is 3.56. The van der Waals surface area contributed by atoms with Crippen LogP contribution in [0.1, 0.15) is 27.3 Å². The maximum absolute atomic E-state index is 12.4. The van der Waals surface area contributed by atoms with Crippen LogP contribution in [0, 0.1) is 13.8 Å². The Morgan fingerprint density at radius 3 is 2.64 bits per heavy atom. The highest BCUT2D eigenvalue weighted by molar-refractivity contribution is 7.21. The molecule has 0 radical (unpaired) electrons. The molecule has 0 amide bonds. The van der Waals surface area contributed by atoms with Gasteiger partial charge in [0, 0.05) is 22.3 Å². The molecule has 0 N–H and O–H groups in total. The summed E-state index contributed by atoms with van der Waals surface area (Å²) in [5, 5.41) is 2.80. The van der Waals surface area contributed by atoms with E-state index >= 15 is 0 Å². The van der Waals surface area contributed by atoms with Gasteiger partial charge < -0.3 is 9.30 Å². The zero-order valence-electron chi connectivity index (χ0n) is 13.9. The normalized spacial score (nSPS) is 11.0. The van der Waals surface area contributed by atoms with E-state index in [9.17, 15) is 14.4 Å². The Balaban J connectivity index is 1.59. The average molecular weight is 375 g/mol. The van der Waals surface area contributed by atoms with E-state index in [0.717, 1.165) is 32.7 Å². The number of rotatable bonds is 6. The quantitative estimate of drug-likeness (QED) is 0.488. The minimum atomic E-state index is -0.482. The fourth-order valence-electron chi connectivity index (χ4n) is 2.60. The van der Waals surface area contributed by atoms with Crippen molar-refractivity contribution in [3.63, 3.8) is 0 Å². The molecule has 0 atom stereocenters. The molecular formula is C18H17NO4S2. The first kappa shape index (κ1) is 17.6. The molecule has 2 heterocycles. The molecule has 0 aliphatic heterocycles. The second-order valence-corrected chi connectivity index (χ2v) is 7.55. The van der Waals surface area contributed by atoms with E-state index in [2.05, 4.69) is 0 Å². The number of carbonyl (C=O) groups is 2. The van der Waals surface area contributed by atoms with E-state index in [-0.39, 0.29) is 30.2 Å². The Labute approximate surface area is 152 Å². The summed E-state index contributed by atoms with van der Waals surface area (Å²) >= 11 is 2.52. The third-order valence-electron chi connectivity index (χ3n) is 3.98. The zero-order valence-corrected chi connectivity index (χ0v) is 15.5. The van der Waals surface area contributed by atoms with Crippen LogP contribution in [-0.4, -0.2) is 22.9 Å². The summed E-state index contributed by atoms with van der Waals surface area (Å²) in [6.45, 7) is 3.71. The number of aryl methyl sites for hydroxylation is 2. The molecule has 7 heteroatoms. The van der Waals surface area contributed by atoms with Crippen molar-refractivity contribution < 1.29 is 14.3 Å². The summed E-state index contributed by atoms with van der Waals surface area (Å²) in [4.78, 5) is 36.4. The molecule has 3 aromatic rings. The van der Waals surface area contributed by atoms with Gasteiger partial charge in [-0.05, 0) is 30.9 Å². The number of nitrogens with zero attached hydrogens (tertiary/aromatic N) is 1. The van der Waals surface area contributed by atoms with Crippen molar-refractivity contribution in [1.29, 1.82) is 0 Å². The minimum Gasteiger partial charge on any atom is -0.457 e. The van der Waals surface area contributed by atoms with Crippen molar-refractivity contribution in [3.05, 3.63) is 55.4 Å². The SMILES string of the molecule is Cc1c(C(=O)COC(=O)CCn2c(C)csc2=O)sc2ccccc12. The van der Waals surface area contributed by atoms with Crippen molar-refractivity contribution in [2.75, 3.05) is 6.61 Å². The number of thiophene rings is 1. The number of ether oxygens (including phenoxy) is 1. The Morgan fingerprint density at radius 2 is 1.96 bits per heavy atom. The standard InChI is InChI=1S/C18H17NO4S2/c1-11-10-24-18(22)19(11)8-7-16(21)23-9-14(20)17-12(2)13-5-3-4-6-15(13)25-17/h3-6,10H,7-9H2,1-2H3. The third kappa shape index (κ3) is 3.72. The lowest BCUT2D eigenvalue weighted by molar-refractivity contribution is -0.142. The van der Waals surface area contributed by atoms with Crippen LogP contribution < -0.4 is 4.87 Å². The van der Waals surface area contributed by atoms with Gasteiger partial charge in [0.1, 0.15) is 0 Å². The molecule has 0 saturated heterocycles. The smallest absolute Gasteiger partial charge is 0.308 e. The van der Waals surface area contributed by atoms with Crippen molar-refractivity contribution in [2.45, 2.75) is 26.8 Å². The third-order valence-corrected chi connectivity index (χ3v) is 6.17. The van der Waals surface area contributed by atoms with Gasteiger partial charge in [0.2, 0.25) is 5.78 Å². The Bertz CT molecular complexity index is 996. The largest absolute Gasteiger partial charge is 0.457 e. The number of aromatic nitrogens is 1. The highest BCUT2D eigenvalue weighted by Gasteiger charge is 2.17. The van der Waals surface area contributed by atoms with Crippen LogP contribution >= 0.6 is 22.7 Å². The first-order valence-corrected chi connectivity index (χ1v) is 9.49. The molecule has 25 heavy (non-hydrogen) atoms. The van der Waals surface area contributed by atoms with Crippen LogP contribution in [0.2, 0.25) is 0 Å². The molecule has 1 aromatic carbocycles. The Morgan fingerprint density at radius 1 is 1.20 bits per heavy atom. The van der Waals surface area contributed by atoms with Crippen LogP contribution in [0.5, 0.6) is 0 Å². The lowest BCUT2D eigenvalue weighted by Crippen LogP contribution is -2.19. The summed E-state index contributed by atoms with van der Waals surface area (Å²) in [7, 11) is 0. The number of ketones is 1. The number of Topliss-reactive ketones (excluding diaryl/α,β-unsaturated/α-hetero) is 1. The lowest BCUT2D eigenvalue weighted by Gasteiger charge is -2.05. The van der Waals surface area contributed by atoms with Crippen molar-refractivity contribution in [2.24, 2.45) is 0 Å². The Kier molecular flexibility index (Phi) is 5.15. The van der Waals surface area contributed by atoms with Gasteiger partial charge in [-0.2, -0.15) is 0 Å². The van der Waals surface area contributed by atoms with Crippen LogP contribution in [0.15, 0.2) is 34.4 Å². The van der Waals surface area contributed by atoms with Crippen molar-refractivity contribution in [1.82, 2.24) is 4.57 Å². The zero-order chi connectivity index (χ0) is 18.0. The highest BCUT2D eigenvalue weighted by Crippen LogP contribution is 2.30. The van der Waals surface area contributed by atoms with Gasteiger partial charge in [0.25, 0.3) is 0 Å². The molecule has 2 aromatic heterocycles. The maximum Gasteiger partial charge on any atom is 0.308 e. The number of carbonyl (C=O) groups excluding carboxylic acids is 2. The highest BCUT2D eigenvalue weighted by atomic mass is 32.1. The minimum absolute atomic E-state index is 0.0656. The van der Waals surface area contributed by atoms with Crippen LogP contribution in [0.4, 0.5) is 0 Å². The Hall–Kier alpha value is -2.25. The molecule has 130 valence electrons. The van der Waals surface area contributed by atoms with E-state index in [1.165, 1.54) is 15.9 Å². The first-order chi connectivity index (χ1) is 12.0. The number of hydrogen-bond donors (Lipinski definition) is 0. The predicted molar refractivity (Wildman–Crippen MR) is 99.8 cm³/mol. The van der Waals surface area contributed by atoms with Gasteiger partial charge in [0.05, 0.1) is 11.3 Å². The summed E-state index contributed by atoms with van der Waals surface area (Å²) in [6, 6.07) is 7.81. The molecule has 3 rings (SSSR count). The second-order valence-electron chi connectivity index (χ2n) is 5.68. The number of esters is 1. The maximum atomic E-state index is 12.4. The van der Waals surface area contributed by atoms with E-state index in [1.807, 2.05) is 38.1 Å². The van der Waals surface area contributed by atoms with Gasteiger partial charge in [-0.25, -0.2) is 0 Å². The number of fused-ring (bicyclic) bond motifs is 1. The molecule has 5 nitrogen and oxygen atoms in total. The molecule has 0 bridgehead atoms. The molecule has 0 aliphatic rings. The van der Waals surface area contributed by atoms with Gasteiger partial charge in [-0.3, -0.25) is 14.4 Å². The van der Waals surface area contributed by atoms with Gasteiger partial charge in [-0.15, -0.1) is 11.3 Å². The van der Waals surface area contributed by atoms with E-state index in [1.54, 1.807) is 5.38 Å². The van der Waals surface area contributed by atoms with Gasteiger partial charge in [-0.1, -0.05) is 29.5 Å². The lowest BCUT2D eigenvalue weighted by atomic mass is 10.1. The van der Waals surface area contributed by atoms with Crippen LogP contribution in [0.25, 0.3) is 10.1 Å². The molecule has 0 fully saturated rings. The molecule has 0 unspecified atom stereocenters. The summed E-state index contributed by atoms with van der Waals surface area (Å²) < 4.78 is 7.67. The van der Waals surface area contributed by atoms with Gasteiger partial charge >= 0.3 is 10.8 Å². The molecule has 0 aliphatic carbocycles. The van der Waals surface area contributed by atoms with Crippen molar-refractivity contribution >= 4 is 44.5 Å². The molecule has 0 saturated carbocycles. The van der Waals surface area contributed by atoms with Crippen molar-refractivity contribution in [3.8, 4) is 0 Å². The fourth-order valence-corrected chi connectivity index (χ4v) is 4.50. The number of hydrogen-bond acceptors (Lipinski definition) is 6. The van der Waals surface area contributed by atoms with Crippen LogP contribution in [-0.2, 0) is 16.1 Å². The van der Waals surface area contributed by atoms with Crippen LogP contribution in [0.3, 0.4) is 0 Å². The molecular weight excluding hydrogens is 358 g/mol. The summed E-state index contributed by atoms with van der Waals surface area (Å²) in [5.41, 5.74) is 1.74. The fraction of sp³-hybridized carbons (Fsp3) is 0.278. The van der Waals surface area contributed by atoms with E-state index < -0.39 is 5.97 Å². The first-order valence-electron chi connectivity index (χ1n) is 7.79. The topological polar surface area (TPSA) is 65.4 Å². The van der Waals surface area contributed by atoms with Gasteiger partial charge in [0.15, 0.2) is 6.61 Å². The summed E-state index contributed by atoms with van der Waals surface area (Å²) in [5.74, 6) is -0.680. The summed E-state index contributed by atoms with van der Waals surface area (Å²) in [6.07, 6.45) is 0.0656. The van der Waals surface area contributed by atoms with E-state index in [4.69, 9.17) is 4.74 Å². The van der Waals surface area contributed by atoms with E-state index in [0.29, 0.717) is 4.88 Å². The average Bonchev–Trinajstić information content (AvgIpc) is 3.11. The number of thiazole rings is 1. The molecule has 0 spiro atoms.